The first kappa shape index (κ1) is 12.7. The number of halogens is 1. The van der Waals surface area contributed by atoms with E-state index in [0.717, 1.165) is 18.4 Å². The Balaban J connectivity index is 2.75. The highest BCUT2D eigenvalue weighted by Gasteiger charge is 2.23. The van der Waals surface area contributed by atoms with Crippen LogP contribution in [0.25, 0.3) is 0 Å². The number of hydrogen-bond donors (Lipinski definition) is 0. The maximum atomic E-state index is 12.7. The Bertz CT molecular complexity index is 349. The van der Waals surface area contributed by atoms with Gasteiger partial charge in [0, 0.05) is 24.7 Å². The first-order chi connectivity index (χ1) is 7.50. The van der Waals surface area contributed by atoms with E-state index in [4.69, 9.17) is 0 Å². The zero-order valence-electron chi connectivity index (χ0n) is 10.0. The van der Waals surface area contributed by atoms with Crippen LogP contribution in [0.15, 0.2) is 24.3 Å². The summed E-state index contributed by atoms with van der Waals surface area (Å²) < 4.78 is 12.7. The fraction of sp³-hybridized carbons (Fsp3) is 0.462. The van der Waals surface area contributed by atoms with E-state index >= 15 is 0 Å². The summed E-state index contributed by atoms with van der Waals surface area (Å²) in [6, 6.07) is 6.29. The molecule has 0 fully saturated rings. The predicted molar refractivity (Wildman–Crippen MR) is 64.1 cm³/mol. The summed E-state index contributed by atoms with van der Waals surface area (Å²) in [5, 5.41) is 0. The second kappa shape index (κ2) is 5.10. The molecule has 0 N–H and O–H groups in total. The van der Waals surface area contributed by atoms with Gasteiger partial charge >= 0.3 is 0 Å². The van der Waals surface area contributed by atoms with Crippen LogP contribution in [0.3, 0.4) is 0 Å². The summed E-state index contributed by atoms with van der Waals surface area (Å²) in [5.74, 6) is -0.245. The average molecular weight is 223 g/mol. The van der Waals surface area contributed by atoms with Crippen molar-refractivity contribution >= 4 is 12.0 Å². The molecule has 1 unspecified atom stereocenters. The van der Waals surface area contributed by atoms with Crippen molar-refractivity contribution in [3.05, 3.63) is 30.1 Å². The van der Waals surface area contributed by atoms with Crippen LogP contribution in [0.5, 0.6) is 0 Å². The number of carbonyl (C=O) groups is 1. The predicted octanol–water partition coefficient (Wildman–Crippen LogP) is 2.88. The van der Waals surface area contributed by atoms with Gasteiger partial charge in [-0.3, -0.25) is 0 Å². The highest BCUT2D eigenvalue weighted by atomic mass is 19.1. The minimum atomic E-state index is -0.344. The Labute approximate surface area is 96.1 Å². The normalized spacial score (nSPS) is 14.2. The largest absolute Gasteiger partial charge is 0.374 e. The topological polar surface area (TPSA) is 20.3 Å². The molecular weight excluding hydrogens is 205 g/mol. The molecule has 0 saturated heterocycles. The Morgan fingerprint density at radius 1 is 1.38 bits per heavy atom. The van der Waals surface area contributed by atoms with E-state index in [9.17, 15) is 9.18 Å². The van der Waals surface area contributed by atoms with Crippen molar-refractivity contribution in [1.82, 2.24) is 0 Å². The monoisotopic (exact) mass is 223 g/mol. The van der Waals surface area contributed by atoms with Gasteiger partial charge in [0.15, 0.2) is 0 Å². The van der Waals surface area contributed by atoms with Crippen LogP contribution in [-0.4, -0.2) is 19.9 Å². The molecule has 88 valence electrons. The van der Waals surface area contributed by atoms with Crippen molar-refractivity contribution in [2.75, 3.05) is 18.5 Å². The second-order valence-corrected chi connectivity index (χ2v) is 4.46. The third kappa shape index (κ3) is 3.05. The maximum Gasteiger partial charge on any atom is 0.127 e. The van der Waals surface area contributed by atoms with E-state index in [1.54, 1.807) is 12.1 Å². The van der Waals surface area contributed by atoms with E-state index < -0.39 is 0 Å². The van der Waals surface area contributed by atoms with Gasteiger partial charge in [-0.2, -0.15) is 0 Å². The molecule has 16 heavy (non-hydrogen) atoms. The smallest absolute Gasteiger partial charge is 0.127 e. The Morgan fingerprint density at radius 3 is 2.38 bits per heavy atom. The molecule has 0 aliphatic rings. The molecule has 1 rings (SSSR count). The van der Waals surface area contributed by atoms with Gasteiger partial charge in [0.05, 0.1) is 0 Å². The SMILES string of the molecule is CCC(C)(C=O)CN(C)c1ccc(F)cc1. The quantitative estimate of drug-likeness (QED) is 0.715. The summed E-state index contributed by atoms with van der Waals surface area (Å²) in [7, 11) is 1.91. The van der Waals surface area contributed by atoms with Gasteiger partial charge < -0.3 is 9.69 Å². The molecule has 0 aromatic heterocycles. The van der Waals surface area contributed by atoms with E-state index in [1.807, 2.05) is 25.8 Å². The summed E-state index contributed by atoms with van der Waals surface area (Å²) >= 11 is 0. The number of carbonyl (C=O) groups excluding carboxylic acids is 1. The first-order valence-corrected chi connectivity index (χ1v) is 5.44. The van der Waals surface area contributed by atoms with E-state index in [0.29, 0.717) is 6.54 Å². The van der Waals surface area contributed by atoms with Gasteiger partial charge in [-0.25, -0.2) is 4.39 Å². The number of rotatable bonds is 5. The fourth-order valence-corrected chi connectivity index (χ4v) is 1.56. The molecule has 2 nitrogen and oxygen atoms in total. The number of anilines is 1. The zero-order valence-corrected chi connectivity index (χ0v) is 10.0. The lowest BCUT2D eigenvalue weighted by Gasteiger charge is -2.29. The minimum absolute atomic E-state index is 0.245. The first-order valence-electron chi connectivity index (χ1n) is 5.44. The van der Waals surface area contributed by atoms with Crippen LogP contribution in [-0.2, 0) is 4.79 Å². The molecule has 1 aromatic carbocycles. The average Bonchev–Trinajstić information content (AvgIpc) is 2.29. The van der Waals surface area contributed by atoms with Gasteiger partial charge in [0.2, 0.25) is 0 Å². The summed E-state index contributed by atoms with van der Waals surface area (Å²) in [5.41, 5.74) is 0.575. The van der Waals surface area contributed by atoms with Gasteiger partial charge in [0.25, 0.3) is 0 Å². The lowest BCUT2D eigenvalue weighted by Crippen LogP contribution is -2.34. The number of aldehydes is 1. The molecule has 0 saturated carbocycles. The van der Waals surface area contributed by atoms with Crippen molar-refractivity contribution in [3.63, 3.8) is 0 Å². The molecule has 1 aromatic rings. The Morgan fingerprint density at radius 2 is 1.94 bits per heavy atom. The van der Waals surface area contributed by atoms with Gasteiger partial charge in [-0.15, -0.1) is 0 Å². The van der Waals surface area contributed by atoms with Gasteiger partial charge in [0.1, 0.15) is 12.1 Å². The van der Waals surface area contributed by atoms with Gasteiger partial charge in [-0.05, 0) is 30.7 Å². The fourth-order valence-electron chi connectivity index (χ4n) is 1.56. The molecular formula is C13H18FNO. The highest BCUT2D eigenvalue weighted by Crippen LogP contribution is 2.22. The van der Waals surface area contributed by atoms with Gasteiger partial charge in [-0.1, -0.05) is 13.8 Å². The maximum absolute atomic E-state index is 12.7. The molecule has 0 aliphatic carbocycles. The molecule has 0 aliphatic heterocycles. The van der Waals surface area contributed by atoms with Crippen LogP contribution in [0.2, 0.25) is 0 Å². The number of nitrogens with zero attached hydrogens (tertiary/aromatic N) is 1. The number of hydrogen-bond acceptors (Lipinski definition) is 2. The summed E-state index contributed by atoms with van der Waals surface area (Å²) in [6.07, 6.45) is 1.79. The van der Waals surface area contributed by atoms with Crippen molar-refractivity contribution < 1.29 is 9.18 Å². The minimum Gasteiger partial charge on any atom is -0.374 e. The number of benzene rings is 1. The molecule has 0 radical (unpaired) electrons. The lowest BCUT2D eigenvalue weighted by molar-refractivity contribution is -0.115. The Kier molecular flexibility index (Phi) is 4.05. The van der Waals surface area contributed by atoms with E-state index in [2.05, 4.69) is 0 Å². The lowest BCUT2D eigenvalue weighted by atomic mass is 9.89. The van der Waals surface area contributed by atoms with Crippen molar-refractivity contribution in [3.8, 4) is 0 Å². The van der Waals surface area contributed by atoms with Crippen LogP contribution in [0.1, 0.15) is 20.3 Å². The summed E-state index contributed by atoms with van der Waals surface area (Å²) in [6.45, 7) is 4.56. The molecule has 0 amide bonds. The third-order valence-corrected chi connectivity index (χ3v) is 2.96. The van der Waals surface area contributed by atoms with E-state index in [1.165, 1.54) is 12.1 Å². The molecule has 0 bridgehead atoms. The summed E-state index contributed by atoms with van der Waals surface area (Å²) in [4.78, 5) is 13.0. The highest BCUT2D eigenvalue weighted by molar-refractivity contribution is 5.60. The van der Waals surface area contributed by atoms with Crippen LogP contribution in [0.4, 0.5) is 10.1 Å². The molecule has 0 heterocycles. The molecule has 3 heteroatoms. The van der Waals surface area contributed by atoms with Crippen LogP contribution < -0.4 is 4.90 Å². The van der Waals surface area contributed by atoms with Crippen LogP contribution >= 0.6 is 0 Å². The standard InChI is InChI=1S/C13H18FNO/c1-4-13(2,10-16)9-15(3)12-7-5-11(14)6-8-12/h5-8,10H,4,9H2,1-3H3. The molecule has 1 atom stereocenters. The van der Waals surface area contributed by atoms with Crippen molar-refractivity contribution in [2.45, 2.75) is 20.3 Å². The Hall–Kier alpha value is -1.38. The van der Waals surface area contributed by atoms with Crippen molar-refractivity contribution in [2.24, 2.45) is 5.41 Å². The van der Waals surface area contributed by atoms with Crippen molar-refractivity contribution in [1.29, 1.82) is 0 Å². The molecule has 0 spiro atoms. The van der Waals surface area contributed by atoms with Crippen LogP contribution in [0, 0.1) is 11.2 Å². The third-order valence-electron chi connectivity index (χ3n) is 2.96. The second-order valence-electron chi connectivity index (χ2n) is 4.46. The van der Waals surface area contributed by atoms with E-state index in [-0.39, 0.29) is 11.2 Å². The zero-order chi connectivity index (χ0) is 12.2.